The molecule has 0 aliphatic carbocycles. The maximum atomic E-state index is 6.07. The maximum Gasteiger partial charge on any atom is 0.167 e. The monoisotopic (exact) mass is 365 g/mol. The fourth-order valence-electron chi connectivity index (χ4n) is 2.74. The molecule has 2 heterocycles. The minimum absolute atomic E-state index is 0.635. The molecule has 0 saturated carbocycles. The number of hydrogen-bond acceptors (Lipinski definition) is 6. The fourth-order valence-corrected chi connectivity index (χ4v) is 2.93. The molecule has 130 valence electrons. The van der Waals surface area contributed by atoms with Crippen LogP contribution in [0.1, 0.15) is 0 Å². The molecule has 4 rings (SSSR count). The van der Waals surface area contributed by atoms with Crippen molar-refractivity contribution >= 4 is 51.3 Å². The standard InChI is InChI=1S/C18H16ClN7/c1-26(14-7-3-5-12(20)9-14)18-15-16(21-10-22-17(15)24-25-18)23-13-6-2-4-11(19)8-13/h2-10H,20H2,1H3,(H2,21,22,23,24,25). The van der Waals surface area contributed by atoms with Crippen LogP contribution in [0.3, 0.4) is 0 Å². The van der Waals surface area contributed by atoms with Gasteiger partial charge >= 0.3 is 0 Å². The predicted octanol–water partition coefficient (Wildman–Crippen LogP) is 4.10. The number of hydrogen-bond donors (Lipinski definition) is 3. The number of benzene rings is 2. The molecule has 0 saturated heterocycles. The number of nitrogen functional groups attached to an aromatic ring is 1. The second-order valence-electron chi connectivity index (χ2n) is 5.78. The van der Waals surface area contributed by atoms with Gasteiger partial charge in [-0.25, -0.2) is 9.97 Å². The van der Waals surface area contributed by atoms with Gasteiger partial charge < -0.3 is 16.0 Å². The van der Waals surface area contributed by atoms with E-state index in [0.717, 1.165) is 16.8 Å². The number of aromatic amines is 1. The summed E-state index contributed by atoms with van der Waals surface area (Å²) in [7, 11) is 1.92. The minimum atomic E-state index is 0.635. The van der Waals surface area contributed by atoms with Gasteiger partial charge in [-0.3, -0.25) is 5.10 Å². The first-order valence-electron chi connectivity index (χ1n) is 7.93. The second-order valence-corrected chi connectivity index (χ2v) is 6.22. The highest BCUT2D eigenvalue weighted by molar-refractivity contribution is 6.30. The Bertz CT molecular complexity index is 1080. The van der Waals surface area contributed by atoms with Crippen LogP contribution >= 0.6 is 11.6 Å². The summed E-state index contributed by atoms with van der Waals surface area (Å²) in [6.45, 7) is 0. The van der Waals surface area contributed by atoms with E-state index in [1.807, 2.05) is 60.5 Å². The number of H-pyrrole nitrogens is 1. The number of nitrogens with two attached hydrogens (primary N) is 1. The number of rotatable bonds is 4. The Hall–Kier alpha value is -3.32. The molecule has 2 aromatic heterocycles. The number of anilines is 5. The molecule has 0 amide bonds. The number of nitrogens with zero attached hydrogens (tertiary/aromatic N) is 4. The maximum absolute atomic E-state index is 6.07. The molecular weight excluding hydrogens is 350 g/mol. The summed E-state index contributed by atoms with van der Waals surface area (Å²) in [5, 5.41) is 12.1. The molecule has 7 nitrogen and oxygen atoms in total. The summed E-state index contributed by atoms with van der Waals surface area (Å²) in [4.78, 5) is 10.6. The van der Waals surface area contributed by atoms with E-state index < -0.39 is 0 Å². The van der Waals surface area contributed by atoms with Crippen LogP contribution in [0.25, 0.3) is 11.0 Å². The van der Waals surface area contributed by atoms with Crippen molar-refractivity contribution in [3.05, 3.63) is 59.9 Å². The van der Waals surface area contributed by atoms with Crippen LogP contribution in [-0.4, -0.2) is 27.2 Å². The van der Waals surface area contributed by atoms with Crippen LogP contribution in [0.15, 0.2) is 54.9 Å². The van der Waals surface area contributed by atoms with E-state index in [1.54, 1.807) is 0 Å². The Labute approximate surface area is 154 Å². The molecule has 4 N–H and O–H groups in total. The van der Waals surface area contributed by atoms with Gasteiger partial charge in [-0.2, -0.15) is 5.10 Å². The zero-order valence-electron chi connectivity index (χ0n) is 13.9. The van der Waals surface area contributed by atoms with Gasteiger partial charge in [-0.15, -0.1) is 0 Å². The lowest BCUT2D eigenvalue weighted by molar-refractivity contribution is 1.05. The van der Waals surface area contributed by atoms with Crippen LogP contribution in [0, 0.1) is 0 Å². The van der Waals surface area contributed by atoms with Crippen LogP contribution in [0.5, 0.6) is 0 Å². The van der Waals surface area contributed by atoms with Crippen molar-refractivity contribution in [2.75, 3.05) is 23.0 Å². The summed E-state index contributed by atoms with van der Waals surface area (Å²) < 4.78 is 0. The molecule has 2 aromatic carbocycles. The molecular formula is C18H16ClN7. The third kappa shape index (κ3) is 3.00. The highest BCUT2D eigenvalue weighted by atomic mass is 35.5. The molecule has 0 spiro atoms. The Morgan fingerprint density at radius 1 is 1.12 bits per heavy atom. The average Bonchev–Trinajstić information content (AvgIpc) is 3.06. The topological polar surface area (TPSA) is 95.8 Å². The van der Waals surface area contributed by atoms with E-state index in [-0.39, 0.29) is 0 Å². The molecule has 0 atom stereocenters. The second kappa shape index (κ2) is 6.53. The van der Waals surface area contributed by atoms with Crippen molar-refractivity contribution in [1.82, 2.24) is 20.2 Å². The van der Waals surface area contributed by atoms with E-state index in [0.29, 0.717) is 28.0 Å². The van der Waals surface area contributed by atoms with Crippen molar-refractivity contribution in [1.29, 1.82) is 0 Å². The van der Waals surface area contributed by atoms with Gasteiger partial charge in [0.2, 0.25) is 0 Å². The summed E-state index contributed by atoms with van der Waals surface area (Å²) >= 11 is 6.07. The van der Waals surface area contributed by atoms with E-state index in [2.05, 4.69) is 25.5 Å². The molecule has 8 heteroatoms. The first-order valence-corrected chi connectivity index (χ1v) is 8.30. The first-order chi connectivity index (χ1) is 12.6. The van der Waals surface area contributed by atoms with Crippen LogP contribution < -0.4 is 16.0 Å². The molecule has 4 aromatic rings. The Morgan fingerprint density at radius 3 is 2.77 bits per heavy atom. The third-order valence-electron chi connectivity index (χ3n) is 4.00. The average molecular weight is 366 g/mol. The predicted molar refractivity (Wildman–Crippen MR) is 105 cm³/mol. The fraction of sp³-hybridized carbons (Fsp3) is 0.0556. The van der Waals surface area contributed by atoms with Gasteiger partial charge in [0.1, 0.15) is 17.5 Å². The zero-order valence-corrected chi connectivity index (χ0v) is 14.7. The van der Waals surface area contributed by atoms with Gasteiger partial charge in [-0.1, -0.05) is 23.7 Å². The highest BCUT2D eigenvalue weighted by Gasteiger charge is 2.17. The van der Waals surface area contributed by atoms with Gasteiger partial charge in [0.05, 0.1) is 0 Å². The zero-order chi connectivity index (χ0) is 18.1. The van der Waals surface area contributed by atoms with Crippen molar-refractivity contribution in [3.63, 3.8) is 0 Å². The van der Waals surface area contributed by atoms with Gasteiger partial charge in [0.25, 0.3) is 0 Å². The largest absolute Gasteiger partial charge is 0.399 e. The third-order valence-corrected chi connectivity index (χ3v) is 4.24. The van der Waals surface area contributed by atoms with Crippen molar-refractivity contribution in [2.24, 2.45) is 0 Å². The first kappa shape index (κ1) is 16.2. The van der Waals surface area contributed by atoms with E-state index in [4.69, 9.17) is 17.3 Å². The van der Waals surface area contributed by atoms with Gasteiger partial charge in [0.15, 0.2) is 11.5 Å². The Kier molecular flexibility index (Phi) is 4.06. The molecule has 0 aliphatic rings. The number of nitrogens with one attached hydrogen (secondary N) is 2. The van der Waals surface area contributed by atoms with E-state index >= 15 is 0 Å². The highest BCUT2D eigenvalue weighted by Crippen LogP contribution is 2.33. The van der Waals surface area contributed by atoms with Gasteiger partial charge in [-0.05, 0) is 36.4 Å². The summed E-state index contributed by atoms with van der Waals surface area (Å²) in [5.41, 5.74) is 8.96. The molecule has 0 radical (unpaired) electrons. The van der Waals surface area contributed by atoms with Crippen LogP contribution in [-0.2, 0) is 0 Å². The summed E-state index contributed by atoms with van der Waals surface area (Å²) in [5.74, 6) is 1.33. The normalized spacial score (nSPS) is 10.8. The molecule has 0 aliphatic heterocycles. The number of halogens is 1. The van der Waals surface area contributed by atoms with Crippen LogP contribution in [0.2, 0.25) is 5.02 Å². The van der Waals surface area contributed by atoms with E-state index in [1.165, 1.54) is 6.33 Å². The minimum Gasteiger partial charge on any atom is -0.399 e. The Balaban J connectivity index is 1.79. The molecule has 26 heavy (non-hydrogen) atoms. The van der Waals surface area contributed by atoms with Gasteiger partial charge in [0, 0.05) is 29.1 Å². The number of fused-ring (bicyclic) bond motifs is 1. The van der Waals surface area contributed by atoms with Crippen LogP contribution in [0.4, 0.5) is 28.7 Å². The lowest BCUT2D eigenvalue weighted by Gasteiger charge is -2.18. The number of aromatic nitrogens is 4. The summed E-state index contributed by atoms with van der Waals surface area (Å²) in [6, 6.07) is 15.0. The molecule has 0 unspecified atom stereocenters. The van der Waals surface area contributed by atoms with Crippen molar-refractivity contribution in [2.45, 2.75) is 0 Å². The Morgan fingerprint density at radius 2 is 1.96 bits per heavy atom. The SMILES string of the molecule is CN(c1cccc(N)c1)c1n[nH]c2ncnc(Nc3cccc(Cl)c3)c12. The summed E-state index contributed by atoms with van der Waals surface area (Å²) in [6.07, 6.45) is 1.48. The lowest BCUT2D eigenvalue weighted by atomic mass is 10.2. The lowest BCUT2D eigenvalue weighted by Crippen LogP contribution is -2.11. The smallest absolute Gasteiger partial charge is 0.167 e. The molecule has 0 bridgehead atoms. The molecule has 0 fully saturated rings. The van der Waals surface area contributed by atoms with E-state index in [9.17, 15) is 0 Å². The van der Waals surface area contributed by atoms with Crippen molar-refractivity contribution in [3.8, 4) is 0 Å². The quantitative estimate of drug-likeness (QED) is 0.471. The van der Waals surface area contributed by atoms with Crippen molar-refractivity contribution < 1.29 is 0 Å².